The molecule has 0 bridgehead atoms. The Bertz CT molecular complexity index is 977. The summed E-state index contributed by atoms with van der Waals surface area (Å²) in [4.78, 5) is 37.6. The number of piperidine rings is 1. The summed E-state index contributed by atoms with van der Waals surface area (Å²) in [6.45, 7) is 4.91. The van der Waals surface area contributed by atoms with Gasteiger partial charge in [-0.05, 0) is 31.9 Å². The van der Waals surface area contributed by atoms with Crippen LogP contribution in [0.5, 0.6) is 0 Å². The number of carbonyl (C=O) groups is 2. The van der Waals surface area contributed by atoms with Gasteiger partial charge in [0.1, 0.15) is 17.5 Å². The van der Waals surface area contributed by atoms with Crippen molar-refractivity contribution in [3.8, 4) is 0 Å². The molecule has 2 aliphatic heterocycles. The van der Waals surface area contributed by atoms with Crippen LogP contribution >= 0.6 is 0 Å². The molecule has 2 aromatic rings. The standard InChI is InChI=1S/C21H23FN4O2/c1-13-15-11-17(27)25(3)18(15)24-20(23-13)21(2)9-6-10-26(12-21)19(28)14-7-4-5-8-16(14)22/h4-5,7-8H,6,9-12H2,1-3H3/t21-/m1/s1. The second kappa shape index (κ2) is 6.65. The van der Waals surface area contributed by atoms with Gasteiger partial charge >= 0.3 is 0 Å². The third-order valence-electron chi connectivity index (χ3n) is 5.84. The molecule has 3 heterocycles. The zero-order valence-corrected chi connectivity index (χ0v) is 16.3. The molecule has 28 heavy (non-hydrogen) atoms. The van der Waals surface area contributed by atoms with Crippen molar-refractivity contribution in [1.29, 1.82) is 0 Å². The summed E-state index contributed by atoms with van der Waals surface area (Å²) in [6, 6.07) is 6.06. The maximum Gasteiger partial charge on any atom is 0.256 e. The topological polar surface area (TPSA) is 66.4 Å². The van der Waals surface area contributed by atoms with Gasteiger partial charge in [0.05, 0.1) is 12.0 Å². The van der Waals surface area contributed by atoms with Crippen molar-refractivity contribution in [3.05, 3.63) is 52.7 Å². The first kappa shape index (κ1) is 18.5. The lowest BCUT2D eigenvalue weighted by Crippen LogP contribution is -2.48. The van der Waals surface area contributed by atoms with E-state index in [1.807, 2.05) is 13.8 Å². The SMILES string of the molecule is Cc1nc([C@]2(C)CCCN(C(=O)c3ccccc3F)C2)nc2c1CC(=O)N2C. The van der Waals surface area contributed by atoms with E-state index in [2.05, 4.69) is 0 Å². The third kappa shape index (κ3) is 2.95. The summed E-state index contributed by atoms with van der Waals surface area (Å²) in [5.74, 6) is 0.482. The number of hydrogen-bond acceptors (Lipinski definition) is 4. The molecule has 1 saturated heterocycles. The zero-order valence-electron chi connectivity index (χ0n) is 16.3. The van der Waals surface area contributed by atoms with E-state index in [-0.39, 0.29) is 17.4 Å². The number of rotatable bonds is 2. The Hall–Kier alpha value is -2.83. The number of aryl methyl sites for hydroxylation is 1. The average molecular weight is 382 g/mol. The maximum absolute atomic E-state index is 14.1. The van der Waals surface area contributed by atoms with E-state index >= 15 is 0 Å². The summed E-state index contributed by atoms with van der Waals surface area (Å²) in [5.41, 5.74) is 1.31. The van der Waals surface area contributed by atoms with E-state index in [9.17, 15) is 14.0 Å². The molecule has 0 N–H and O–H groups in total. The van der Waals surface area contributed by atoms with E-state index < -0.39 is 11.2 Å². The highest BCUT2D eigenvalue weighted by Crippen LogP contribution is 2.36. The molecule has 1 aromatic carbocycles. The second-order valence-electron chi connectivity index (χ2n) is 7.94. The third-order valence-corrected chi connectivity index (χ3v) is 5.84. The van der Waals surface area contributed by atoms with Crippen LogP contribution in [0.1, 0.15) is 47.2 Å². The van der Waals surface area contributed by atoms with Crippen molar-refractivity contribution in [3.63, 3.8) is 0 Å². The first-order valence-corrected chi connectivity index (χ1v) is 9.48. The normalized spacial score (nSPS) is 21.8. The molecule has 2 amide bonds. The van der Waals surface area contributed by atoms with Crippen LogP contribution in [0.15, 0.2) is 24.3 Å². The molecule has 2 aliphatic rings. The van der Waals surface area contributed by atoms with Gasteiger partial charge in [0.2, 0.25) is 5.91 Å². The van der Waals surface area contributed by atoms with E-state index in [0.717, 1.165) is 24.1 Å². The summed E-state index contributed by atoms with van der Waals surface area (Å²) >= 11 is 0. The van der Waals surface area contributed by atoms with Gasteiger partial charge in [-0.25, -0.2) is 14.4 Å². The van der Waals surface area contributed by atoms with Gasteiger partial charge in [0.15, 0.2) is 0 Å². The van der Waals surface area contributed by atoms with Crippen LogP contribution in [-0.2, 0) is 16.6 Å². The Morgan fingerprint density at radius 2 is 2.00 bits per heavy atom. The molecule has 0 unspecified atom stereocenters. The summed E-state index contributed by atoms with van der Waals surface area (Å²) < 4.78 is 14.1. The fourth-order valence-electron chi connectivity index (χ4n) is 4.12. The van der Waals surface area contributed by atoms with Crippen LogP contribution in [0.25, 0.3) is 0 Å². The van der Waals surface area contributed by atoms with Gasteiger partial charge < -0.3 is 4.90 Å². The summed E-state index contributed by atoms with van der Waals surface area (Å²) in [7, 11) is 1.72. The van der Waals surface area contributed by atoms with Crippen molar-refractivity contribution >= 4 is 17.6 Å². The molecule has 1 aromatic heterocycles. The Morgan fingerprint density at radius 1 is 1.25 bits per heavy atom. The Labute approximate surface area is 163 Å². The first-order valence-electron chi connectivity index (χ1n) is 9.48. The van der Waals surface area contributed by atoms with Gasteiger partial charge in [-0.3, -0.25) is 14.5 Å². The molecule has 7 heteroatoms. The quantitative estimate of drug-likeness (QED) is 0.801. The summed E-state index contributed by atoms with van der Waals surface area (Å²) in [6.07, 6.45) is 1.93. The van der Waals surface area contributed by atoms with Crippen LogP contribution in [0, 0.1) is 12.7 Å². The Kier molecular flexibility index (Phi) is 4.40. The zero-order chi connectivity index (χ0) is 20.1. The molecule has 0 aliphatic carbocycles. The van der Waals surface area contributed by atoms with Crippen molar-refractivity contribution < 1.29 is 14.0 Å². The molecule has 4 rings (SSSR count). The molecule has 146 valence electrons. The van der Waals surface area contributed by atoms with Crippen LogP contribution in [-0.4, -0.2) is 46.8 Å². The highest BCUT2D eigenvalue weighted by atomic mass is 19.1. The van der Waals surface area contributed by atoms with Gasteiger partial charge in [-0.15, -0.1) is 0 Å². The number of likely N-dealkylation sites (N-methyl/N-ethyl adjacent to an activating group) is 1. The molecule has 0 saturated carbocycles. The van der Waals surface area contributed by atoms with Crippen molar-refractivity contribution in [2.24, 2.45) is 0 Å². The number of likely N-dealkylation sites (tertiary alicyclic amines) is 1. The number of benzene rings is 1. The number of carbonyl (C=O) groups excluding carboxylic acids is 2. The molecule has 6 nitrogen and oxygen atoms in total. The predicted octanol–water partition coefficient (Wildman–Crippen LogP) is 2.64. The molecule has 0 spiro atoms. The van der Waals surface area contributed by atoms with E-state index in [1.165, 1.54) is 12.1 Å². The first-order chi connectivity index (χ1) is 13.3. The fraction of sp³-hybridized carbons (Fsp3) is 0.429. The molecular weight excluding hydrogens is 359 g/mol. The minimum absolute atomic E-state index is 0.00899. The number of fused-ring (bicyclic) bond motifs is 1. The van der Waals surface area contributed by atoms with Gasteiger partial charge in [0.25, 0.3) is 5.91 Å². The fourth-order valence-corrected chi connectivity index (χ4v) is 4.12. The number of anilines is 1. The lowest BCUT2D eigenvalue weighted by atomic mass is 9.80. The van der Waals surface area contributed by atoms with Crippen molar-refractivity contribution in [1.82, 2.24) is 14.9 Å². The number of aromatic nitrogens is 2. The minimum Gasteiger partial charge on any atom is -0.338 e. The van der Waals surface area contributed by atoms with Gasteiger partial charge in [0, 0.05) is 36.8 Å². The van der Waals surface area contributed by atoms with E-state index in [0.29, 0.717) is 31.2 Å². The number of halogens is 1. The molecule has 1 atom stereocenters. The molecule has 1 fully saturated rings. The van der Waals surface area contributed by atoms with Crippen LogP contribution in [0.4, 0.5) is 10.2 Å². The highest BCUT2D eigenvalue weighted by Gasteiger charge is 2.39. The molecular formula is C21H23FN4O2. The average Bonchev–Trinajstić information content (AvgIpc) is 2.97. The van der Waals surface area contributed by atoms with Crippen LogP contribution in [0.3, 0.4) is 0 Å². The number of nitrogens with zero attached hydrogens (tertiary/aromatic N) is 4. The number of amides is 2. The van der Waals surface area contributed by atoms with Crippen molar-refractivity contribution in [2.45, 2.75) is 38.5 Å². The Balaban J connectivity index is 1.66. The molecule has 0 radical (unpaired) electrons. The summed E-state index contributed by atoms with van der Waals surface area (Å²) in [5, 5.41) is 0. The van der Waals surface area contributed by atoms with Crippen molar-refractivity contribution in [2.75, 3.05) is 25.0 Å². The lowest BCUT2D eigenvalue weighted by molar-refractivity contribution is -0.117. The van der Waals surface area contributed by atoms with Crippen LogP contribution in [0.2, 0.25) is 0 Å². The van der Waals surface area contributed by atoms with Gasteiger partial charge in [-0.1, -0.05) is 19.1 Å². The van der Waals surface area contributed by atoms with E-state index in [1.54, 1.807) is 29.0 Å². The second-order valence-corrected chi connectivity index (χ2v) is 7.94. The smallest absolute Gasteiger partial charge is 0.256 e. The van der Waals surface area contributed by atoms with Gasteiger partial charge in [-0.2, -0.15) is 0 Å². The largest absolute Gasteiger partial charge is 0.338 e. The lowest BCUT2D eigenvalue weighted by Gasteiger charge is -2.39. The monoisotopic (exact) mass is 382 g/mol. The number of hydrogen-bond donors (Lipinski definition) is 0. The predicted molar refractivity (Wildman–Crippen MR) is 103 cm³/mol. The minimum atomic E-state index is -0.510. The van der Waals surface area contributed by atoms with E-state index in [4.69, 9.17) is 9.97 Å². The highest BCUT2D eigenvalue weighted by molar-refractivity contribution is 6.00. The Morgan fingerprint density at radius 3 is 2.75 bits per heavy atom. The maximum atomic E-state index is 14.1. The van der Waals surface area contributed by atoms with Crippen LogP contribution < -0.4 is 4.90 Å².